The number of hydrogen-bond donors (Lipinski definition) is 0. The molecule has 0 saturated carbocycles. The van der Waals surface area contributed by atoms with Gasteiger partial charge in [-0.15, -0.1) is 11.3 Å². The van der Waals surface area contributed by atoms with Crippen molar-refractivity contribution in [2.75, 3.05) is 0 Å². The zero-order chi connectivity index (χ0) is 24.6. The Morgan fingerprint density at radius 3 is 1.81 bits per heavy atom. The summed E-state index contributed by atoms with van der Waals surface area (Å²) in [6, 6.07) is 46.6. The summed E-state index contributed by atoms with van der Waals surface area (Å²) in [6.45, 7) is 0. The normalized spacial score (nSPS) is 11.2. The van der Waals surface area contributed by atoms with Gasteiger partial charge in [0.1, 0.15) is 0 Å². The Bertz CT molecular complexity index is 1850. The maximum Gasteiger partial charge on any atom is 0.160 e. The molecular formula is C34H22N2S. The van der Waals surface area contributed by atoms with Crippen molar-refractivity contribution in [3.05, 3.63) is 133 Å². The van der Waals surface area contributed by atoms with Gasteiger partial charge in [-0.25, -0.2) is 9.97 Å². The highest BCUT2D eigenvalue weighted by atomic mass is 32.1. The van der Waals surface area contributed by atoms with E-state index in [4.69, 9.17) is 9.97 Å². The van der Waals surface area contributed by atoms with Crippen molar-refractivity contribution in [1.82, 2.24) is 9.97 Å². The second-order valence-electron chi connectivity index (χ2n) is 9.05. The van der Waals surface area contributed by atoms with Gasteiger partial charge in [0.05, 0.1) is 11.4 Å². The van der Waals surface area contributed by atoms with E-state index in [9.17, 15) is 0 Å². The van der Waals surface area contributed by atoms with Crippen LogP contribution in [0.3, 0.4) is 0 Å². The van der Waals surface area contributed by atoms with Crippen LogP contribution in [0.5, 0.6) is 0 Å². The summed E-state index contributed by atoms with van der Waals surface area (Å²) in [5, 5.41) is 2.53. The number of benzene rings is 5. The number of rotatable bonds is 4. The molecule has 174 valence electrons. The fourth-order valence-corrected chi connectivity index (χ4v) is 6.03. The molecule has 2 aromatic heterocycles. The van der Waals surface area contributed by atoms with Crippen molar-refractivity contribution in [3.8, 4) is 45.0 Å². The second-order valence-corrected chi connectivity index (χ2v) is 10.1. The predicted octanol–water partition coefficient (Wildman–Crippen LogP) is 9.51. The standard InChI is InChI=1S/C34H22N2S/c1-3-10-23(11-4-1)24-18-20-25(21-19-24)29-22-30(36-34(35-29)26-12-5-2-6-13-26)27-15-9-17-32-33(27)28-14-7-8-16-31(28)37-32/h1-22H. The monoisotopic (exact) mass is 490 g/mol. The van der Waals surface area contributed by atoms with Crippen molar-refractivity contribution in [2.24, 2.45) is 0 Å². The van der Waals surface area contributed by atoms with Crippen molar-refractivity contribution in [1.29, 1.82) is 0 Å². The molecule has 0 atom stereocenters. The molecule has 0 aliphatic heterocycles. The first-order valence-electron chi connectivity index (χ1n) is 12.3. The van der Waals surface area contributed by atoms with Crippen LogP contribution >= 0.6 is 11.3 Å². The molecule has 2 nitrogen and oxygen atoms in total. The van der Waals surface area contributed by atoms with E-state index in [1.807, 2.05) is 35.6 Å². The fourth-order valence-electron chi connectivity index (χ4n) is 4.90. The lowest BCUT2D eigenvalue weighted by Gasteiger charge is -2.11. The van der Waals surface area contributed by atoms with E-state index >= 15 is 0 Å². The van der Waals surface area contributed by atoms with E-state index < -0.39 is 0 Å². The van der Waals surface area contributed by atoms with Crippen molar-refractivity contribution < 1.29 is 0 Å². The highest BCUT2D eigenvalue weighted by Crippen LogP contribution is 2.40. The summed E-state index contributed by atoms with van der Waals surface area (Å²) < 4.78 is 2.56. The number of fused-ring (bicyclic) bond motifs is 3. The third-order valence-corrected chi connectivity index (χ3v) is 7.86. The van der Waals surface area contributed by atoms with Gasteiger partial charge in [-0.3, -0.25) is 0 Å². The Balaban J connectivity index is 1.43. The number of hydrogen-bond acceptors (Lipinski definition) is 3. The highest BCUT2D eigenvalue weighted by molar-refractivity contribution is 7.25. The summed E-state index contributed by atoms with van der Waals surface area (Å²) >= 11 is 1.83. The van der Waals surface area contributed by atoms with Crippen LogP contribution in [-0.2, 0) is 0 Å². The molecule has 0 radical (unpaired) electrons. The molecule has 0 saturated heterocycles. The third-order valence-electron chi connectivity index (χ3n) is 6.72. The number of nitrogens with zero attached hydrogens (tertiary/aromatic N) is 2. The Morgan fingerprint density at radius 1 is 0.432 bits per heavy atom. The van der Waals surface area contributed by atoms with Gasteiger partial charge in [-0.05, 0) is 29.3 Å². The first-order chi connectivity index (χ1) is 18.3. The van der Waals surface area contributed by atoms with Crippen molar-refractivity contribution in [3.63, 3.8) is 0 Å². The van der Waals surface area contributed by atoms with Crippen LogP contribution in [0.1, 0.15) is 0 Å². The molecule has 37 heavy (non-hydrogen) atoms. The Kier molecular flexibility index (Phi) is 5.34. The van der Waals surface area contributed by atoms with Gasteiger partial charge in [-0.2, -0.15) is 0 Å². The van der Waals surface area contributed by atoms with E-state index in [1.54, 1.807) is 0 Å². The SMILES string of the molecule is c1ccc(-c2ccc(-c3cc(-c4cccc5sc6ccccc6c45)nc(-c4ccccc4)n3)cc2)cc1. The minimum atomic E-state index is 0.733. The average Bonchev–Trinajstić information content (AvgIpc) is 3.37. The van der Waals surface area contributed by atoms with Crippen LogP contribution in [0, 0.1) is 0 Å². The minimum Gasteiger partial charge on any atom is -0.228 e. The summed E-state index contributed by atoms with van der Waals surface area (Å²) in [6.07, 6.45) is 0. The number of thiophene rings is 1. The van der Waals surface area contributed by atoms with E-state index in [-0.39, 0.29) is 0 Å². The second kappa shape index (κ2) is 9.12. The van der Waals surface area contributed by atoms with E-state index in [0.717, 1.165) is 33.9 Å². The average molecular weight is 491 g/mol. The summed E-state index contributed by atoms with van der Waals surface area (Å²) in [5.41, 5.74) is 7.47. The maximum atomic E-state index is 5.09. The molecule has 5 aromatic carbocycles. The van der Waals surface area contributed by atoms with E-state index in [0.29, 0.717) is 0 Å². The lowest BCUT2D eigenvalue weighted by molar-refractivity contribution is 1.19. The molecule has 0 bridgehead atoms. The van der Waals surface area contributed by atoms with Gasteiger partial charge in [0.25, 0.3) is 0 Å². The van der Waals surface area contributed by atoms with Gasteiger partial charge >= 0.3 is 0 Å². The van der Waals surface area contributed by atoms with E-state index in [1.165, 1.54) is 31.3 Å². The van der Waals surface area contributed by atoms with Crippen LogP contribution in [0.2, 0.25) is 0 Å². The van der Waals surface area contributed by atoms with Crippen LogP contribution in [-0.4, -0.2) is 9.97 Å². The van der Waals surface area contributed by atoms with Gasteiger partial charge in [0.15, 0.2) is 5.82 Å². The molecule has 0 unspecified atom stereocenters. The summed E-state index contributed by atoms with van der Waals surface area (Å²) in [4.78, 5) is 10.1. The molecule has 0 fully saturated rings. The van der Waals surface area contributed by atoms with Crippen molar-refractivity contribution >= 4 is 31.5 Å². The Hall–Kier alpha value is -4.60. The summed E-state index contributed by atoms with van der Waals surface area (Å²) in [5.74, 6) is 0.733. The van der Waals surface area contributed by atoms with Gasteiger partial charge < -0.3 is 0 Å². The molecule has 0 spiro atoms. The molecule has 7 aromatic rings. The lowest BCUT2D eigenvalue weighted by atomic mass is 10.00. The molecule has 0 amide bonds. The van der Waals surface area contributed by atoms with Crippen LogP contribution in [0.25, 0.3) is 65.2 Å². The molecule has 2 heterocycles. The largest absolute Gasteiger partial charge is 0.228 e. The molecule has 3 heteroatoms. The van der Waals surface area contributed by atoms with Crippen LogP contribution in [0.4, 0.5) is 0 Å². The van der Waals surface area contributed by atoms with Crippen LogP contribution in [0.15, 0.2) is 133 Å². The van der Waals surface area contributed by atoms with Gasteiger partial charge in [0.2, 0.25) is 0 Å². The van der Waals surface area contributed by atoms with Gasteiger partial charge in [-0.1, -0.05) is 115 Å². The molecule has 7 rings (SSSR count). The molecule has 0 aliphatic carbocycles. The zero-order valence-electron chi connectivity index (χ0n) is 20.0. The van der Waals surface area contributed by atoms with E-state index in [2.05, 4.69) is 109 Å². The molecule has 0 N–H and O–H groups in total. The van der Waals surface area contributed by atoms with Crippen molar-refractivity contribution in [2.45, 2.75) is 0 Å². The summed E-state index contributed by atoms with van der Waals surface area (Å²) in [7, 11) is 0. The Labute approximate surface area is 219 Å². The Morgan fingerprint density at radius 2 is 1.03 bits per heavy atom. The lowest BCUT2D eigenvalue weighted by Crippen LogP contribution is -1.96. The van der Waals surface area contributed by atoms with Crippen LogP contribution < -0.4 is 0 Å². The van der Waals surface area contributed by atoms with Gasteiger partial charge in [0, 0.05) is 36.9 Å². The quantitative estimate of drug-likeness (QED) is 0.245. The third kappa shape index (κ3) is 4.00. The maximum absolute atomic E-state index is 5.09. The number of aromatic nitrogens is 2. The molecular weight excluding hydrogens is 468 g/mol. The zero-order valence-corrected chi connectivity index (χ0v) is 20.8. The smallest absolute Gasteiger partial charge is 0.160 e. The molecule has 0 aliphatic rings. The predicted molar refractivity (Wildman–Crippen MR) is 157 cm³/mol. The topological polar surface area (TPSA) is 25.8 Å². The minimum absolute atomic E-state index is 0.733. The highest BCUT2D eigenvalue weighted by Gasteiger charge is 2.15. The fraction of sp³-hybridized carbons (Fsp3) is 0. The first kappa shape index (κ1) is 21.7. The first-order valence-corrected chi connectivity index (χ1v) is 13.2.